The zero-order chi connectivity index (χ0) is 22.1. The molecule has 0 atom stereocenters. The van der Waals surface area contributed by atoms with E-state index in [9.17, 15) is 4.79 Å². The standard InChI is InChI=1S/C27H28N4O/c1-20-8-10-25(21(2)16-20)31-19-28-24-17-23(9-11-26(24)31)27(32)30-14-12-29(13-15-30)18-22-6-4-3-5-7-22/h3-11,16-17,19H,12-15,18H2,1-2H3. The second kappa shape index (κ2) is 8.60. The van der Waals surface area contributed by atoms with Crippen LogP contribution in [0.2, 0.25) is 0 Å². The van der Waals surface area contributed by atoms with E-state index in [4.69, 9.17) is 0 Å². The second-order valence-electron chi connectivity index (χ2n) is 8.66. The van der Waals surface area contributed by atoms with Crippen LogP contribution in [0.3, 0.4) is 0 Å². The summed E-state index contributed by atoms with van der Waals surface area (Å²) in [5.74, 6) is 0.0901. The van der Waals surface area contributed by atoms with Crippen LogP contribution in [0.25, 0.3) is 16.7 Å². The summed E-state index contributed by atoms with van der Waals surface area (Å²) in [7, 11) is 0. The molecular formula is C27H28N4O. The van der Waals surface area contributed by atoms with E-state index < -0.39 is 0 Å². The lowest BCUT2D eigenvalue weighted by molar-refractivity contribution is 0.0628. The molecule has 5 nitrogen and oxygen atoms in total. The summed E-state index contributed by atoms with van der Waals surface area (Å²) in [6, 6.07) is 22.8. The van der Waals surface area contributed by atoms with Crippen LogP contribution in [0.5, 0.6) is 0 Å². The third-order valence-corrected chi connectivity index (χ3v) is 6.31. The van der Waals surface area contributed by atoms with Crippen molar-refractivity contribution in [3.8, 4) is 5.69 Å². The maximum atomic E-state index is 13.1. The molecule has 0 unspecified atom stereocenters. The molecule has 32 heavy (non-hydrogen) atoms. The van der Waals surface area contributed by atoms with Crippen molar-refractivity contribution in [1.29, 1.82) is 0 Å². The number of nitrogens with zero attached hydrogens (tertiary/aromatic N) is 4. The Morgan fingerprint density at radius 2 is 1.69 bits per heavy atom. The van der Waals surface area contributed by atoms with E-state index >= 15 is 0 Å². The number of rotatable bonds is 4. The number of imidazole rings is 1. The van der Waals surface area contributed by atoms with Crippen LogP contribution >= 0.6 is 0 Å². The Bertz CT molecular complexity index is 1250. The zero-order valence-electron chi connectivity index (χ0n) is 18.7. The molecule has 3 aromatic carbocycles. The molecule has 1 saturated heterocycles. The molecule has 1 aliphatic rings. The van der Waals surface area contributed by atoms with Gasteiger partial charge in [-0.3, -0.25) is 14.3 Å². The molecule has 1 amide bonds. The Morgan fingerprint density at radius 3 is 2.44 bits per heavy atom. The largest absolute Gasteiger partial charge is 0.336 e. The molecule has 0 spiro atoms. The van der Waals surface area contributed by atoms with Gasteiger partial charge in [0.25, 0.3) is 5.91 Å². The van der Waals surface area contributed by atoms with Gasteiger partial charge in [-0.15, -0.1) is 0 Å². The van der Waals surface area contributed by atoms with Crippen LogP contribution in [-0.2, 0) is 6.54 Å². The van der Waals surface area contributed by atoms with Gasteiger partial charge in [-0.1, -0.05) is 48.0 Å². The summed E-state index contributed by atoms with van der Waals surface area (Å²) in [4.78, 5) is 22.1. The predicted molar refractivity (Wildman–Crippen MR) is 128 cm³/mol. The van der Waals surface area contributed by atoms with Gasteiger partial charge in [-0.25, -0.2) is 4.98 Å². The molecule has 4 aromatic rings. The molecule has 0 aliphatic carbocycles. The number of hydrogen-bond donors (Lipinski definition) is 0. The van der Waals surface area contributed by atoms with E-state index in [0.29, 0.717) is 5.56 Å². The molecule has 5 heteroatoms. The third kappa shape index (κ3) is 4.04. The van der Waals surface area contributed by atoms with Gasteiger partial charge in [0.2, 0.25) is 0 Å². The van der Waals surface area contributed by atoms with Gasteiger partial charge in [0.15, 0.2) is 0 Å². The average Bonchev–Trinajstić information content (AvgIpc) is 3.23. The fourth-order valence-electron chi connectivity index (χ4n) is 4.55. The fourth-order valence-corrected chi connectivity index (χ4v) is 4.55. The van der Waals surface area contributed by atoms with Gasteiger partial charge < -0.3 is 4.90 Å². The minimum absolute atomic E-state index is 0.0901. The highest BCUT2D eigenvalue weighted by Gasteiger charge is 2.23. The normalized spacial score (nSPS) is 14.8. The summed E-state index contributed by atoms with van der Waals surface area (Å²) in [5.41, 5.74) is 7.45. The smallest absolute Gasteiger partial charge is 0.254 e. The number of carbonyl (C=O) groups excluding carboxylic acids is 1. The Balaban J connectivity index is 1.29. The molecule has 0 N–H and O–H groups in total. The lowest BCUT2D eigenvalue weighted by atomic mass is 10.1. The minimum atomic E-state index is 0.0901. The number of carbonyl (C=O) groups is 1. The van der Waals surface area contributed by atoms with E-state index in [0.717, 1.165) is 49.4 Å². The van der Waals surface area contributed by atoms with Crippen molar-refractivity contribution in [2.24, 2.45) is 0 Å². The highest BCUT2D eigenvalue weighted by Crippen LogP contribution is 2.23. The van der Waals surface area contributed by atoms with Crippen molar-refractivity contribution >= 4 is 16.9 Å². The number of amides is 1. The maximum absolute atomic E-state index is 13.1. The summed E-state index contributed by atoms with van der Waals surface area (Å²) < 4.78 is 2.10. The lowest BCUT2D eigenvalue weighted by Gasteiger charge is -2.34. The van der Waals surface area contributed by atoms with Crippen molar-refractivity contribution in [3.63, 3.8) is 0 Å². The second-order valence-corrected chi connectivity index (χ2v) is 8.66. The van der Waals surface area contributed by atoms with Crippen molar-refractivity contribution in [2.75, 3.05) is 26.2 Å². The topological polar surface area (TPSA) is 41.4 Å². The third-order valence-electron chi connectivity index (χ3n) is 6.31. The van der Waals surface area contributed by atoms with E-state index in [-0.39, 0.29) is 5.91 Å². The highest BCUT2D eigenvalue weighted by molar-refractivity contribution is 5.97. The van der Waals surface area contributed by atoms with Crippen LogP contribution in [-0.4, -0.2) is 51.4 Å². The average molecular weight is 425 g/mol. The van der Waals surface area contributed by atoms with Gasteiger partial charge in [0.05, 0.1) is 16.7 Å². The molecule has 162 valence electrons. The van der Waals surface area contributed by atoms with E-state index in [2.05, 4.69) is 70.8 Å². The first kappa shape index (κ1) is 20.5. The summed E-state index contributed by atoms with van der Waals surface area (Å²) in [5, 5.41) is 0. The number of benzene rings is 3. The number of hydrogen-bond acceptors (Lipinski definition) is 3. The Labute approximate surface area is 188 Å². The Morgan fingerprint density at radius 1 is 0.906 bits per heavy atom. The molecule has 1 aromatic heterocycles. The first-order chi connectivity index (χ1) is 15.6. The van der Waals surface area contributed by atoms with Gasteiger partial charge in [0.1, 0.15) is 6.33 Å². The van der Waals surface area contributed by atoms with E-state index in [1.54, 1.807) is 0 Å². The molecule has 0 saturated carbocycles. The van der Waals surface area contributed by atoms with Crippen LogP contribution in [0, 0.1) is 13.8 Å². The molecule has 0 bridgehead atoms. The number of fused-ring (bicyclic) bond motifs is 1. The Hall–Kier alpha value is -3.44. The van der Waals surface area contributed by atoms with Crippen molar-refractivity contribution in [3.05, 3.63) is 95.3 Å². The fraction of sp³-hybridized carbons (Fsp3) is 0.259. The van der Waals surface area contributed by atoms with Crippen LogP contribution in [0.1, 0.15) is 27.0 Å². The molecular weight excluding hydrogens is 396 g/mol. The summed E-state index contributed by atoms with van der Waals surface area (Å²) >= 11 is 0. The van der Waals surface area contributed by atoms with Crippen LogP contribution < -0.4 is 0 Å². The number of aromatic nitrogens is 2. The number of piperazine rings is 1. The first-order valence-electron chi connectivity index (χ1n) is 11.2. The van der Waals surface area contributed by atoms with Gasteiger partial charge in [-0.05, 0) is 49.2 Å². The predicted octanol–water partition coefficient (Wildman–Crippen LogP) is 4.60. The molecule has 1 fully saturated rings. The summed E-state index contributed by atoms with van der Waals surface area (Å²) in [6.07, 6.45) is 1.85. The molecule has 5 rings (SSSR count). The lowest BCUT2D eigenvalue weighted by Crippen LogP contribution is -2.48. The van der Waals surface area contributed by atoms with Crippen LogP contribution in [0.15, 0.2) is 73.1 Å². The minimum Gasteiger partial charge on any atom is -0.336 e. The summed E-state index contributed by atoms with van der Waals surface area (Å²) in [6.45, 7) is 8.44. The SMILES string of the molecule is Cc1ccc(-n2cnc3cc(C(=O)N4CCN(Cc5ccccc5)CC4)ccc32)c(C)c1. The molecule has 1 aliphatic heterocycles. The van der Waals surface area contributed by atoms with Crippen molar-refractivity contribution in [2.45, 2.75) is 20.4 Å². The quantitative estimate of drug-likeness (QED) is 0.481. The zero-order valence-corrected chi connectivity index (χ0v) is 18.7. The monoisotopic (exact) mass is 424 g/mol. The van der Waals surface area contributed by atoms with Gasteiger partial charge in [-0.2, -0.15) is 0 Å². The first-order valence-corrected chi connectivity index (χ1v) is 11.2. The molecule has 2 heterocycles. The van der Waals surface area contributed by atoms with Crippen LogP contribution in [0.4, 0.5) is 0 Å². The molecule has 0 radical (unpaired) electrons. The Kier molecular flexibility index (Phi) is 5.50. The van der Waals surface area contributed by atoms with E-state index in [1.165, 1.54) is 16.7 Å². The number of aryl methyl sites for hydroxylation is 2. The highest BCUT2D eigenvalue weighted by atomic mass is 16.2. The maximum Gasteiger partial charge on any atom is 0.254 e. The van der Waals surface area contributed by atoms with Gasteiger partial charge in [0, 0.05) is 38.3 Å². The van der Waals surface area contributed by atoms with Crippen molar-refractivity contribution in [1.82, 2.24) is 19.4 Å². The van der Waals surface area contributed by atoms with E-state index in [1.807, 2.05) is 35.5 Å². The van der Waals surface area contributed by atoms with Gasteiger partial charge >= 0.3 is 0 Å². The van der Waals surface area contributed by atoms with Crippen molar-refractivity contribution < 1.29 is 4.79 Å².